The number of likely N-dealkylation sites (N-methyl/N-ethyl adjacent to an activating group) is 1. The number of rotatable bonds is 6. The van der Waals surface area contributed by atoms with Crippen LogP contribution in [0, 0.1) is 6.92 Å². The van der Waals surface area contributed by atoms with Gasteiger partial charge in [-0.2, -0.15) is 5.10 Å². The Morgan fingerprint density at radius 3 is 2.62 bits per heavy atom. The number of para-hydroxylation sites is 1. The predicted octanol–water partition coefficient (Wildman–Crippen LogP) is 4.51. The number of carbonyl (C=O) groups is 1. The minimum atomic E-state index is 0.0400. The third-order valence-corrected chi connectivity index (χ3v) is 5.63. The summed E-state index contributed by atoms with van der Waals surface area (Å²) < 4.78 is 1.82. The van der Waals surface area contributed by atoms with E-state index >= 15 is 0 Å². The highest BCUT2D eigenvalue weighted by Gasteiger charge is 2.14. The lowest BCUT2D eigenvalue weighted by molar-refractivity contribution is -0.129. The van der Waals surface area contributed by atoms with E-state index in [0.29, 0.717) is 13.0 Å². The number of hydrogen-bond donors (Lipinski definition) is 0. The molecule has 5 nitrogen and oxygen atoms in total. The molecule has 6 heteroatoms. The molecule has 0 radical (unpaired) electrons. The van der Waals surface area contributed by atoms with Gasteiger partial charge < -0.3 is 4.90 Å². The summed E-state index contributed by atoms with van der Waals surface area (Å²) in [6, 6.07) is 18.2. The molecule has 4 aromatic rings. The number of amides is 1. The third kappa shape index (κ3) is 4.60. The second-order valence-corrected chi connectivity index (χ2v) is 7.92. The molecule has 0 unspecified atom stereocenters. The maximum Gasteiger partial charge on any atom is 0.228 e. The van der Waals surface area contributed by atoms with Crippen molar-refractivity contribution >= 4 is 17.2 Å². The molecule has 0 aliphatic rings. The van der Waals surface area contributed by atoms with Crippen LogP contribution in [0.25, 0.3) is 16.3 Å². The lowest BCUT2D eigenvalue weighted by atomic mass is 10.2. The fourth-order valence-electron chi connectivity index (χ4n) is 3.03. The number of carbonyl (C=O) groups excluding carboxylic acids is 1. The summed E-state index contributed by atoms with van der Waals surface area (Å²) in [7, 11) is 1.81. The molecule has 2 aromatic carbocycles. The van der Waals surface area contributed by atoms with Gasteiger partial charge in [-0.15, -0.1) is 11.3 Å². The van der Waals surface area contributed by atoms with Crippen molar-refractivity contribution in [3.8, 4) is 16.3 Å². The zero-order chi connectivity index (χ0) is 20.2. The summed E-state index contributed by atoms with van der Waals surface area (Å²) in [5.74, 6) is 0.0400. The first-order chi connectivity index (χ1) is 14.1. The van der Waals surface area contributed by atoms with Crippen LogP contribution in [0.1, 0.15) is 16.8 Å². The minimum Gasteiger partial charge on any atom is -0.341 e. The van der Waals surface area contributed by atoms with Crippen LogP contribution in [-0.2, 0) is 17.8 Å². The third-order valence-electron chi connectivity index (χ3n) is 4.68. The van der Waals surface area contributed by atoms with Gasteiger partial charge in [0, 0.05) is 36.3 Å². The molecule has 29 heavy (non-hydrogen) atoms. The molecule has 0 saturated heterocycles. The smallest absolute Gasteiger partial charge is 0.228 e. The molecule has 0 fully saturated rings. The molecule has 0 saturated carbocycles. The Kier molecular flexibility index (Phi) is 5.53. The number of aryl methyl sites for hydroxylation is 1. The van der Waals surface area contributed by atoms with Crippen LogP contribution in [0.5, 0.6) is 0 Å². The molecule has 2 heterocycles. The van der Waals surface area contributed by atoms with Crippen molar-refractivity contribution in [1.82, 2.24) is 19.7 Å². The van der Waals surface area contributed by atoms with Crippen LogP contribution in [0.3, 0.4) is 0 Å². The summed E-state index contributed by atoms with van der Waals surface area (Å²) in [5, 5.41) is 7.30. The zero-order valence-electron chi connectivity index (χ0n) is 16.4. The topological polar surface area (TPSA) is 51.0 Å². The van der Waals surface area contributed by atoms with E-state index in [4.69, 9.17) is 0 Å². The van der Waals surface area contributed by atoms with E-state index in [2.05, 4.69) is 41.3 Å². The van der Waals surface area contributed by atoms with E-state index in [0.717, 1.165) is 27.5 Å². The normalized spacial score (nSPS) is 10.8. The lowest BCUT2D eigenvalue weighted by Gasteiger charge is -2.15. The molecule has 0 aliphatic carbocycles. The number of nitrogens with zero attached hydrogens (tertiary/aromatic N) is 4. The Balaban J connectivity index is 1.38. The maximum absolute atomic E-state index is 12.6. The minimum absolute atomic E-state index is 0.0400. The molecule has 0 atom stereocenters. The molecule has 2 aromatic heterocycles. The van der Waals surface area contributed by atoms with Crippen molar-refractivity contribution < 1.29 is 4.79 Å². The van der Waals surface area contributed by atoms with E-state index in [1.807, 2.05) is 53.6 Å². The molecule has 4 rings (SSSR count). The van der Waals surface area contributed by atoms with E-state index in [1.165, 1.54) is 5.56 Å². The van der Waals surface area contributed by atoms with Gasteiger partial charge in [-0.25, -0.2) is 9.67 Å². The van der Waals surface area contributed by atoms with Gasteiger partial charge in [0.1, 0.15) is 5.01 Å². The molecule has 1 amide bonds. The van der Waals surface area contributed by atoms with Crippen LogP contribution in [0.2, 0.25) is 0 Å². The molecule has 0 aliphatic heterocycles. The van der Waals surface area contributed by atoms with Gasteiger partial charge in [0.05, 0.1) is 24.0 Å². The summed E-state index contributed by atoms with van der Waals surface area (Å²) in [6.45, 7) is 2.58. The Labute approximate surface area is 174 Å². The standard InChI is InChI=1S/C23H22N4OS/c1-17-8-10-19(11-9-17)23-25-20(16-29-23)12-22(28)26(2)14-18-13-24-27(15-18)21-6-4-3-5-7-21/h3-11,13,15-16H,12,14H2,1-2H3. The second kappa shape index (κ2) is 8.41. The predicted molar refractivity (Wildman–Crippen MR) is 116 cm³/mol. The van der Waals surface area contributed by atoms with Crippen molar-refractivity contribution in [1.29, 1.82) is 0 Å². The first-order valence-electron chi connectivity index (χ1n) is 9.43. The number of hydrogen-bond acceptors (Lipinski definition) is 4. The van der Waals surface area contributed by atoms with Crippen LogP contribution >= 0.6 is 11.3 Å². The largest absolute Gasteiger partial charge is 0.341 e. The van der Waals surface area contributed by atoms with Crippen molar-refractivity contribution in [3.05, 3.63) is 89.2 Å². The molecule has 0 N–H and O–H groups in total. The molecule has 0 bridgehead atoms. The second-order valence-electron chi connectivity index (χ2n) is 7.07. The summed E-state index contributed by atoms with van der Waals surface area (Å²) in [5.41, 5.74) is 5.10. The van der Waals surface area contributed by atoms with Gasteiger partial charge in [0.25, 0.3) is 0 Å². The van der Waals surface area contributed by atoms with Crippen molar-refractivity contribution in [2.45, 2.75) is 19.9 Å². The first-order valence-corrected chi connectivity index (χ1v) is 10.3. The summed E-state index contributed by atoms with van der Waals surface area (Å²) >= 11 is 1.57. The van der Waals surface area contributed by atoms with Crippen LogP contribution in [0.15, 0.2) is 72.4 Å². The van der Waals surface area contributed by atoms with Crippen LogP contribution < -0.4 is 0 Å². The zero-order valence-corrected chi connectivity index (χ0v) is 17.3. The lowest BCUT2D eigenvalue weighted by Crippen LogP contribution is -2.27. The van der Waals surface area contributed by atoms with E-state index in [1.54, 1.807) is 22.4 Å². The monoisotopic (exact) mass is 402 g/mol. The Hall–Kier alpha value is -3.25. The number of thiazole rings is 1. The van der Waals surface area contributed by atoms with E-state index < -0.39 is 0 Å². The molecular weight excluding hydrogens is 380 g/mol. The SMILES string of the molecule is Cc1ccc(-c2nc(CC(=O)N(C)Cc3cnn(-c4ccccc4)c3)cs2)cc1. The Morgan fingerprint density at radius 1 is 1.10 bits per heavy atom. The Bertz CT molecular complexity index is 1100. The molecule has 146 valence electrons. The Morgan fingerprint density at radius 2 is 1.86 bits per heavy atom. The van der Waals surface area contributed by atoms with Crippen LogP contribution in [0.4, 0.5) is 0 Å². The van der Waals surface area contributed by atoms with E-state index in [9.17, 15) is 4.79 Å². The van der Waals surface area contributed by atoms with Crippen molar-refractivity contribution in [2.24, 2.45) is 0 Å². The van der Waals surface area contributed by atoms with E-state index in [-0.39, 0.29) is 5.91 Å². The highest BCUT2D eigenvalue weighted by atomic mass is 32.1. The van der Waals surface area contributed by atoms with Gasteiger partial charge >= 0.3 is 0 Å². The van der Waals surface area contributed by atoms with Crippen LogP contribution in [-0.4, -0.2) is 32.6 Å². The van der Waals surface area contributed by atoms with Gasteiger partial charge in [-0.1, -0.05) is 48.0 Å². The van der Waals surface area contributed by atoms with Gasteiger partial charge in [-0.05, 0) is 19.1 Å². The van der Waals surface area contributed by atoms with Crippen molar-refractivity contribution in [2.75, 3.05) is 7.05 Å². The summed E-state index contributed by atoms with van der Waals surface area (Å²) in [4.78, 5) is 19.0. The highest BCUT2D eigenvalue weighted by Crippen LogP contribution is 2.24. The quantitative estimate of drug-likeness (QED) is 0.477. The maximum atomic E-state index is 12.6. The highest BCUT2D eigenvalue weighted by molar-refractivity contribution is 7.13. The van der Waals surface area contributed by atoms with Crippen molar-refractivity contribution in [3.63, 3.8) is 0 Å². The first kappa shape index (κ1) is 19.1. The number of benzene rings is 2. The molecular formula is C23H22N4OS. The average Bonchev–Trinajstić information content (AvgIpc) is 3.39. The summed E-state index contributed by atoms with van der Waals surface area (Å²) in [6.07, 6.45) is 4.05. The van der Waals surface area contributed by atoms with Gasteiger partial charge in [0.2, 0.25) is 5.91 Å². The average molecular weight is 403 g/mol. The fraction of sp³-hybridized carbons (Fsp3) is 0.174. The number of aromatic nitrogens is 3. The molecule has 0 spiro atoms. The van der Waals surface area contributed by atoms with Gasteiger partial charge in [0.15, 0.2) is 0 Å². The fourth-order valence-corrected chi connectivity index (χ4v) is 3.86. The van der Waals surface area contributed by atoms with Gasteiger partial charge in [-0.3, -0.25) is 4.79 Å².